The number of amides is 2. The first-order valence-corrected chi connectivity index (χ1v) is 7.29. The molecule has 0 spiro atoms. The molecular formula is C16H14ClN3O4. The highest BCUT2D eigenvalue weighted by molar-refractivity contribution is 6.34. The maximum Gasteiger partial charge on any atom is 0.270 e. The molecule has 0 aliphatic carbocycles. The molecule has 0 saturated heterocycles. The van der Waals surface area contributed by atoms with E-state index in [0.717, 1.165) is 11.6 Å². The van der Waals surface area contributed by atoms with E-state index < -0.39 is 10.8 Å². The fourth-order valence-electron chi connectivity index (χ4n) is 2.03. The molecule has 0 saturated carbocycles. The third-order valence-corrected chi connectivity index (χ3v) is 3.70. The third kappa shape index (κ3) is 3.69. The van der Waals surface area contributed by atoms with Crippen molar-refractivity contribution in [3.8, 4) is 0 Å². The molecule has 2 aromatic rings. The molecule has 0 aromatic heterocycles. The molecule has 0 bridgehead atoms. The monoisotopic (exact) mass is 347 g/mol. The van der Waals surface area contributed by atoms with E-state index >= 15 is 0 Å². The topological polar surface area (TPSA) is 101 Å². The van der Waals surface area contributed by atoms with E-state index in [1.54, 1.807) is 25.1 Å². The summed E-state index contributed by atoms with van der Waals surface area (Å²) in [7, 11) is 1.51. The normalized spacial score (nSPS) is 10.1. The van der Waals surface area contributed by atoms with E-state index in [1.165, 1.54) is 19.2 Å². The number of nitro groups is 1. The standard InChI is InChI=1S/C16H14ClN3O4/c1-9-3-4-10(15(21)18-2)7-14(9)19-16(22)12-6-5-11(20(23)24)8-13(12)17/h3-8H,1-2H3,(H,18,21)(H,19,22). The predicted octanol–water partition coefficient (Wildman–Crippen LogP) is 3.17. The van der Waals surface area contributed by atoms with Crippen LogP contribution in [-0.2, 0) is 0 Å². The van der Waals surface area contributed by atoms with Crippen LogP contribution in [0.2, 0.25) is 5.02 Å². The minimum absolute atomic E-state index is 0.0261. The number of aryl methyl sites for hydroxylation is 1. The molecule has 2 rings (SSSR count). The van der Waals surface area contributed by atoms with Gasteiger partial charge in [-0.2, -0.15) is 0 Å². The third-order valence-electron chi connectivity index (χ3n) is 3.38. The molecule has 8 heteroatoms. The maximum absolute atomic E-state index is 12.4. The molecule has 24 heavy (non-hydrogen) atoms. The molecule has 2 amide bonds. The van der Waals surface area contributed by atoms with Gasteiger partial charge in [-0.3, -0.25) is 19.7 Å². The SMILES string of the molecule is CNC(=O)c1ccc(C)c(NC(=O)c2ccc([N+](=O)[O-])cc2Cl)c1. The summed E-state index contributed by atoms with van der Waals surface area (Å²) in [6.07, 6.45) is 0. The predicted molar refractivity (Wildman–Crippen MR) is 90.6 cm³/mol. The van der Waals surface area contributed by atoms with Crippen molar-refractivity contribution in [3.63, 3.8) is 0 Å². The van der Waals surface area contributed by atoms with E-state index in [9.17, 15) is 19.7 Å². The van der Waals surface area contributed by atoms with Gasteiger partial charge in [-0.15, -0.1) is 0 Å². The lowest BCUT2D eigenvalue weighted by atomic mass is 10.1. The zero-order valence-corrected chi connectivity index (χ0v) is 13.7. The highest BCUT2D eigenvalue weighted by atomic mass is 35.5. The highest BCUT2D eigenvalue weighted by Crippen LogP contribution is 2.24. The second kappa shape index (κ2) is 7.10. The van der Waals surface area contributed by atoms with Crippen LogP contribution in [0.1, 0.15) is 26.3 Å². The van der Waals surface area contributed by atoms with Crippen LogP contribution < -0.4 is 10.6 Å². The van der Waals surface area contributed by atoms with Crippen molar-refractivity contribution in [1.29, 1.82) is 0 Å². The number of halogens is 1. The number of benzene rings is 2. The smallest absolute Gasteiger partial charge is 0.270 e. The van der Waals surface area contributed by atoms with Crippen LogP contribution in [0, 0.1) is 17.0 Å². The molecule has 0 radical (unpaired) electrons. The Hall–Kier alpha value is -2.93. The lowest BCUT2D eigenvalue weighted by Gasteiger charge is -2.11. The number of nitrogens with one attached hydrogen (secondary N) is 2. The van der Waals surface area contributed by atoms with Crippen molar-refractivity contribution >= 4 is 34.8 Å². The number of hydrogen-bond donors (Lipinski definition) is 2. The summed E-state index contributed by atoms with van der Waals surface area (Å²) in [5.41, 5.74) is 1.51. The lowest BCUT2D eigenvalue weighted by molar-refractivity contribution is -0.384. The Morgan fingerprint density at radius 2 is 1.83 bits per heavy atom. The number of carbonyl (C=O) groups is 2. The zero-order valence-electron chi connectivity index (χ0n) is 12.9. The highest BCUT2D eigenvalue weighted by Gasteiger charge is 2.16. The van der Waals surface area contributed by atoms with Gasteiger partial charge in [0.25, 0.3) is 17.5 Å². The Morgan fingerprint density at radius 1 is 1.12 bits per heavy atom. The maximum atomic E-state index is 12.4. The molecule has 0 atom stereocenters. The van der Waals surface area contributed by atoms with Crippen LogP contribution in [0.5, 0.6) is 0 Å². The number of rotatable bonds is 4. The van der Waals surface area contributed by atoms with E-state index in [4.69, 9.17) is 11.6 Å². The molecular weight excluding hydrogens is 334 g/mol. The summed E-state index contributed by atoms with van der Waals surface area (Å²) >= 11 is 5.95. The van der Waals surface area contributed by atoms with Crippen molar-refractivity contribution in [3.05, 3.63) is 68.2 Å². The quantitative estimate of drug-likeness (QED) is 0.655. The van der Waals surface area contributed by atoms with Crippen molar-refractivity contribution < 1.29 is 14.5 Å². The number of non-ortho nitro benzene ring substituents is 1. The molecule has 0 aliphatic heterocycles. The number of anilines is 1. The van der Waals surface area contributed by atoms with E-state index in [1.807, 2.05) is 0 Å². The van der Waals surface area contributed by atoms with Gasteiger partial charge < -0.3 is 10.6 Å². The first-order valence-electron chi connectivity index (χ1n) is 6.91. The van der Waals surface area contributed by atoms with Gasteiger partial charge in [0.15, 0.2) is 0 Å². The Labute approximate surface area is 142 Å². The van der Waals surface area contributed by atoms with Gasteiger partial charge in [-0.25, -0.2) is 0 Å². The van der Waals surface area contributed by atoms with Crippen LogP contribution >= 0.6 is 11.6 Å². The fraction of sp³-hybridized carbons (Fsp3) is 0.125. The fourth-order valence-corrected chi connectivity index (χ4v) is 2.29. The van der Waals surface area contributed by atoms with Crippen molar-refractivity contribution in [2.75, 3.05) is 12.4 Å². The average molecular weight is 348 g/mol. The molecule has 0 unspecified atom stereocenters. The molecule has 0 aliphatic rings. The molecule has 124 valence electrons. The summed E-state index contributed by atoms with van der Waals surface area (Å²) < 4.78 is 0. The van der Waals surface area contributed by atoms with Gasteiger partial charge in [0.1, 0.15) is 0 Å². The number of nitro benzene ring substituents is 1. The molecule has 2 N–H and O–H groups in total. The van der Waals surface area contributed by atoms with Gasteiger partial charge in [0.05, 0.1) is 15.5 Å². The molecule has 2 aromatic carbocycles. The van der Waals surface area contributed by atoms with Gasteiger partial charge in [-0.1, -0.05) is 17.7 Å². The van der Waals surface area contributed by atoms with Crippen LogP contribution in [0.15, 0.2) is 36.4 Å². The Bertz CT molecular complexity index is 836. The van der Waals surface area contributed by atoms with E-state index in [2.05, 4.69) is 10.6 Å². The Morgan fingerprint density at radius 3 is 2.42 bits per heavy atom. The minimum atomic E-state index is -0.593. The van der Waals surface area contributed by atoms with Gasteiger partial charge in [0.2, 0.25) is 0 Å². The summed E-state index contributed by atoms with van der Waals surface area (Å²) in [6.45, 7) is 1.78. The first kappa shape index (κ1) is 17.4. The molecule has 7 nitrogen and oxygen atoms in total. The van der Waals surface area contributed by atoms with Crippen molar-refractivity contribution in [2.24, 2.45) is 0 Å². The minimum Gasteiger partial charge on any atom is -0.355 e. The Kier molecular flexibility index (Phi) is 5.15. The van der Waals surface area contributed by atoms with E-state index in [0.29, 0.717) is 11.3 Å². The van der Waals surface area contributed by atoms with Gasteiger partial charge >= 0.3 is 0 Å². The van der Waals surface area contributed by atoms with E-state index in [-0.39, 0.29) is 22.2 Å². The second-order valence-electron chi connectivity index (χ2n) is 4.98. The van der Waals surface area contributed by atoms with Crippen LogP contribution in [0.25, 0.3) is 0 Å². The first-order chi connectivity index (χ1) is 11.3. The summed E-state index contributed by atoms with van der Waals surface area (Å²) in [6, 6.07) is 8.50. The average Bonchev–Trinajstić information content (AvgIpc) is 2.55. The lowest BCUT2D eigenvalue weighted by Crippen LogP contribution is -2.19. The van der Waals surface area contributed by atoms with Crippen LogP contribution in [0.4, 0.5) is 11.4 Å². The van der Waals surface area contributed by atoms with Crippen molar-refractivity contribution in [2.45, 2.75) is 6.92 Å². The second-order valence-corrected chi connectivity index (χ2v) is 5.39. The number of carbonyl (C=O) groups excluding carboxylic acids is 2. The summed E-state index contributed by atoms with van der Waals surface area (Å²) in [4.78, 5) is 34.1. The van der Waals surface area contributed by atoms with Crippen LogP contribution in [0.3, 0.4) is 0 Å². The zero-order chi connectivity index (χ0) is 17.9. The van der Waals surface area contributed by atoms with Crippen LogP contribution in [-0.4, -0.2) is 23.8 Å². The molecule has 0 heterocycles. The largest absolute Gasteiger partial charge is 0.355 e. The molecule has 0 fully saturated rings. The Balaban J connectivity index is 2.30. The summed E-state index contributed by atoms with van der Waals surface area (Å²) in [5.74, 6) is -0.800. The number of hydrogen-bond acceptors (Lipinski definition) is 4. The van der Waals surface area contributed by atoms with Gasteiger partial charge in [-0.05, 0) is 30.7 Å². The number of nitrogens with zero attached hydrogens (tertiary/aromatic N) is 1. The van der Waals surface area contributed by atoms with Crippen molar-refractivity contribution in [1.82, 2.24) is 5.32 Å². The van der Waals surface area contributed by atoms with Gasteiger partial charge in [0, 0.05) is 30.4 Å². The summed E-state index contributed by atoms with van der Waals surface area (Å²) in [5, 5.41) is 15.8.